The van der Waals surface area contributed by atoms with Gasteiger partial charge in [0.2, 0.25) is 0 Å². The smallest absolute Gasteiger partial charge is 0.0626 e. The van der Waals surface area contributed by atoms with Crippen LogP contribution in [0.5, 0.6) is 0 Å². The highest BCUT2D eigenvalue weighted by Crippen LogP contribution is 2.26. The second-order valence-corrected chi connectivity index (χ2v) is 3.71. The van der Waals surface area contributed by atoms with Crippen molar-refractivity contribution in [3.8, 4) is 0 Å². The van der Waals surface area contributed by atoms with E-state index in [0.717, 1.165) is 12.5 Å². The summed E-state index contributed by atoms with van der Waals surface area (Å²) in [6, 6.07) is 0. The van der Waals surface area contributed by atoms with Crippen molar-refractivity contribution in [2.24, 2.45) is 5.92 Å². The third-order valence-electron chi connectivity index (χ3n) is 2.00. The number of rotatable bonds is 0. The second kappa shape index (κ2) is 2.30. The summed E-state index contributed by atoms with van der Waals surface area (Å²) in [6.45, 7) is 7.53. The van der Waals surface area contributed by atoms with E-state index in [-0.39, 0.29) is 5.60 Å². The molecule has 0 amide bonds. The molecule has 1 aliphatic rings. The highest BCUT2D eigenvalue weighted by Gasteiger charge is 2.24. The van der Waals surface area contributed by atoms with E-state index in [4.69, 9.17) is 4.74 Å². The van der Waals surface area contributed by atoms with Crippen LogP contribution in [-0.2, 0) is 4.74 Å². The van der Waals surface area contributed by atoms with E-state index in [1.54, 1.807) is 0 Å². The Labute approximate surface area is 57.4 Å². The van der Waals surface area contributed by atoms with Gasteiger partial charge in [0.15, 0.2) is 0 Å². The van der Waals surface area contributed by atoms with Gasteiger partial charge in [0.05, 0.1) is 5.60 Å². The lowest BCUT2D eigenvalue weighted by atomic mass is 9.93. The molecule has 1 nitrogen and oxygen atoms in total. The Balaban J connectivity index is 2.35. The van der Waals surface area contributed by atoms with Gasteiger partial charge in [0.25, 0.3) is 0 Å². The topological polar surface area (TPSA) is 9.23 Å². The van der Waals surface area contributed by atoms with Crippen LogP contribution in [0.4, 0.5) is 0 Å². The first-order chi connectivity index (χ1) is 4.10. The quantitative estimate of drug-likeness (QED) is 0.486. The molecule has 1 heterocycles. The highest BCUT2D eigenvalue weighted by atomic mass is 16.5. The minimum Gasteiger partial charge on any atom is -0.375 e. The third-order valence-corrected chi connectivity index (χ3v) is 2.00. The van der Waals surface area contributed by atoms with Crippen LogP contribution in [0.2, 0.25) is 0 Å². The number of ether oxygens (including phenoxy) is 1. The summed E-state index contributed by atoms with van der Waals surface area (Å²) in [5, 5.41) is 0. The Morgan fingerprint density at radius 1 is 1.44 bits per heavy atom. The Kier molecular flexibility index (Phi) is 1.80. The molecular formula is C8H16O. The molecule has 0 aromatic carbocycles. The van der Waals surface area contributed by atoms with Gasteiger partial charge in [0, 0.05) is 6.61 Å². The molecule has 1 saturated heterocycles. The average Bonchev–Trinajstić information content (AvgIpc) is 1.78. The van der Waals surface area contributed by atoms with Crippen LogP contribution in [-0.4, -0.2) is 12.2 Å². The Morgan fingerprint density at radius 3 is 2.44 bits per heavy atom. The molecule has 54 valence electrons. The summed E-state index contributed by atoms with van der Waals surface area (Å²) in [4.78, 5) is 0. The SMILES string of the molecule is CC1CCC(C)(C)OC1. The fraction of sp³-hybridized carbons (Fsp3) is 1.00. The van der Waals surface area contributed by atoms with Crippen molar-refractivity contribution < 1.29 is 4.74 Å². The van der Waals surface area contributed by atoms with E-state index in [2.05, 4.69) is 20.8 Å². The minimum atomic E-state index is 0.159. The monoisotopic (exact) mass is 128 g/mol. The Morgan fingerprint density at radius 2 is 2.11 bits per heavy atom. The van der Waals surface area contributed by atoms with E-state index in [1.807, 2.05) is 0 Å². The van der Waals surface area contributed by atoms with E-state index in [1.165, 1.54) is 12.8 Å². The number of hydrogen-bond donors (Lipinski definition) is 0. The molecule has 1 rings (SSSR count). The molecule has 1 atom stereocenters. The summed E-state index contributed by atoms with van der Waals surface area (Å²) in [5.74, 6) is 0.776. The summed E-state index contributed by atoms with van der Waals surface area (Å²) in [5.41, 5.74) is 0.159. The maximum Gasteiger partial charge on any atom is 0.0626 e. The summed E-state index contributed by atoms with van der Waals surface area (Å²) in [7, 11) is 0. The third kappa shape index (κ3) is 1.98. The van der Waals surface area contributed by atoms with E-state index >= 15 is 0 Å². The maximum absolute atomic E-state index is 5.58. The average molecular weight is 128 g/mol. The van der Waals surface area contributed by atoms with Crippen LogP contribution < -0.4 is 0 Å². The molecule has 0 saturated carbocycles. The molecule has 9 heavy (non-hydrogen) atoms. The van der Waals surface area contributed by atoms with Crippen molar-refractivity contribution in [2.45, 2.75) is 39.2 Å². The summed E-state index contributed by atoms with van der Waals surface area (Å²) < 4.78 is 5.58. The van der Waals surface area contributed by atoms with Crippen LogP contribution in [0.25, 0.3) is 0 Å². The summed E-state index contributed by atoms with van der Waals surface area (Å²) in [6.07, 6.45) is 2.54. The van der Waals surface area contributed by atoms with Crippen LogP contribution in [0, 0.1) is 5.92 Å². The van der Waals surface area contributed by atoms with Crippen molar-refractivity contribution in [2.75, 3.05) is 6.61 Å². The van der Waals surface area contributed by atoms with Gasteiger partial charge < -0.3 is 4.74 Å². The Hall–Kier alpha value is -0.0400. The Bertz CT molecular complexity index is 86.7. The zero-order chi connectivity index (χ0) is 6.91. The van der Waals surface area contributed by atoms with Crippen LogP contribution in [0.1, 0.15) is 33.6 Å². The molecule has 1 fully saturated rings. The van der Waals surface area contributed by atoms with Crippen molar-refractivity contribution in [3.05, 3.63) is 0 Å². The minimum absolute atomic E-state index is 0.159. The zero-order valence-electron chi connectivity index (χ0n) is 6.61. The van der Waals surface area contributed by atoms with Gasteiger partial charge in [-0.3, -0.25) is 0 Å². The van der Waals surface area contributed by atoms with Crippen LogP contribution >= 0.6 is 0 Å². The zero-order valence-corrected chi connectivity index (χ0v) is 6.61. The van der Waals surface area contributed by atoms with Gasteiger partial charge in [-0.05, 0) is 32.6 Å². The first kappa shape index (κ1) is 7.07. The van der Waals surface area contributed by atoms with Crippen molar-refractivity contribution in [1.82, 2.24) is 0 Å². The molecule has 0 bridgehead atoms. The molecule has 1 aliphatic heterocycles. The van der Waals surface area contributed by atoms with E-state index in [0.29, 0.717) is 0 Å². The molecule has 1 unspecified atom stereocenters. The maximum atomic E-state index is 5.58. The van der Waals surface area contributed by atoms with Crippen molar-refractivity contribution >= 4 is 0 Å². The van der Waals surface area contributed by atoms with E-state index in [9.17, 15) is 0 Å². The van der Waals surface area contributed by atoms with Gasteiger partial charge in [-0.2, -0.15) is 0 Å². The lowest BCUT2D eigenvalue weighted by Gasteiger charge is -2.33. The fourth-order valence-corrected chi connectivity index (χ4v) is 1.12. The molecule has 0 spiro atoms. The summed E-state index contributed by atoms with van der Waals surface area (Å²) >= 11 is 0. The normalized spacial score (nSPS) is 34.3. The first-order valence-corrected chi connectivity index (χ1v) is 3.74. The fourth-order valence-electron chi connectivity index (χ4n) is 1.12. The van der Waals surface area contributed by atoms with Crippen molar-refractivity contribution in [1.29, 1.82) is 0 Å². The molecule has 0 aromatic heterocycles. The molecule has 0 N–H and O–H groups in total. The van der Waals surface area contributed by atoms with Crippen LogP contribution in [0.15, 0.2) is 0 Å². The van der Waals surface area contributed by atoms with Gasteiger partial charge in [-0.15, -0.1) is 0 Å². The lowest BCUT2D eigenvalue weighted by molar-refractivity contribution is -0.0727. The lowest BCUT2D eigenvalue weighted by Crippen LogP contribution is -2.32. The molecule has 0 aromatic rings. The molecular weight excluding hydrogens is 112 g/mol. The molecule has 0 aliphatic carbocycles. The van der Waals surface area contributed by atoms with Gasteiger partial charge >= 0.3 is 0 Å². The van der Waals surface area contributed by atoms with Gasteiger partial charge in [-0.25, -0.2) is 0 Å². The van der Waals surface area contributed by atoms with Crippen molar-refractivity contribution in [3.63, 3.8) is 0 Å². The standard InChI is InChI=1S/C8H16O/c1-7-4-5-8(2,3)9-6-7/h7H,4-6H2,1-3H3. The molecule has 0 radical (unpaired) electrons. The van der Waals surface area contributed by atoms with Crippen LogP contribution in [0.3, 0.4) is 0 Å². The van der Waals surface area contributed by atoms with E-state index < -0.39 is 0 Å². The largest absolute Gasteiger partial charge is 0.375 e. The second-order valence-electron chi connectivity index (χ2n) is 3.71. The molecule has 1 heteroatoms. The number of hydrogen-bond acceptors (Lipinski definition) is 1. The van der Waals surface area contributed by atoms with Gasteiger partial charge in [-0.1, -0.05) is 6.92 Å². The first-order valence-electron chi connectivity index (χ1n) is 3.74. The predicted molar refractivity (Wildman–Crippen MR) is 38.4 cm³/mol. The predicted octanol–water partition coefficient (Wildman–Crippen LogP) is 2.21. The highest BCUT2D eigenvalue weighted by molar-refractivity contribution is 4.74. The van der Waals surface area contributed by atoms with Gasteiger partial charge in [0.1, 0.15) is 0 Å².